The van der Waals surface area contributed by atoms with Gasteiger partial charge in [-0.25, -0.2) is 0 Å². The van der Waals surface area contributed by atoms with Crippen LogP contribution >= 0.6 is 0 Å². The van der Waals surface area contributed by atoms with E-state index in [1.165, 1.54) is 22.3 Å². The molecule has 2 atom stereocenters. The van der Waals surface area contributed by atoms with Crippen molar-refractivity contribution < 1.29 is 9.90 Å². The molecule has 0 amide bonds. The smallest absolute Gasteiger partial charge is 0.320 e. The first-order valence-electron chi connectivity index (χ1n) is 10.3. The third kappa shape index (κ3) is 4.10. The van der Waals surface area contributed by atoms with Crippen LogP contribution in [0, 0.1) is 6.92 Å². The fourth-order valence-corrected chi connectivity index (χ4v) is 4.46. The predicted molar refractivity (Wildman–Crippen MR) is 117 cm³/mol. The average Bonchev–Trinajstić information content (AvgIpc) is 2.77. The highest BCUT2D eigenvalue weighted by Gasteiger charge is 2.35. The van der Waals surface area contributed by atoms with Crippen molar-refractivity contribution in [3.05, 3.63) is 95.6 Å². The first kappa shape index (κ1) is 19.4. The van der Waals surface area contributed by atoms with Crippen molar-refractivity contribution in [3.8, 4) is 11.1 Å². The molecular weight excluding hydrogens is 358 g/mol. The molecule has 0 saturated carbocycles. The van der Waals surface area contributed by atoms with E-state index in [1.54, 1.807) is 0 Å². The van der Waals surface area contributed by atoms with Crippen molar-refractivity contribution in [2.75, 3.05) is 6.54 Å². The predicted octanol–water partition coefficient (Wildman–Crippen LogP) is 5.69. The fourth-order valence-electron chi connectivity index (χ4n) is 4.46. The monoisotopic (exact) mass is 385 g/mol. The van der Waals surface area contributed by atoms with Crippen molar-refractivity contribution >= 4 is 5.97 Å². The molecule has 148 valence electrons. The van der Waals surface area contributed by atoms with E-state index in [-0.39, 0.29) is 6.04 Å². The minimum atomic E-state index is -0.718. The fraction of sp³-hybridized carbons (Fsp3) is 0.269. The van der Waals surface area contributed by atoms with Crippen LogP contribution in [-0.4, -0.2) is 28.6 Å². The molecule has 0 aromatic heterocycles. The molecule has 0 spiro atoms. The molecule has 4 rings (SSSR count). The number of aliphatic carboxylic acids is 1. The topological polar surface area (TPSA) is 40.5 Å². The number of benzene rings is 3. The van der Waals surface area contributed by atoms with Crippen LogP contribution in [0.2, 0.25) is 0 Å². The zero-order valence-electron chi connectivity index (χ0n) is 16.8. The van der Waals surface area contributed by atoms with Crippen LogP contribution < -0.4 is 0 Å². The minimum Gasteiger partial charge on any atom is -0.480 e. The largest absolute Gasteiger partial charge is 0.480 e. The maximum Gasteiger partial charge on any atom is 0.320 e. The van der Waals surface area contributed by atoms with Gasteiger partial charge in [0.05, 0.1) is 6.04 Å². The Bertz CT molecular complexity index is 966. The molecule has 2 unspecified atom stereocenters. The molecule has 29 heavy (non-hydrogen) atoms. The molecule has 1 heterocycles. The number of hydrogen-bond acceptors (Lipinski definition) is 2. The lowest BCUT2D eigenvalue weighted by molar-refractivity contribution is -0.145. The minimum absolute atomic E-state index is 0.0533. The van der Waals surface area contributed by atoms with Gasteiger partial charge in [0.2, 0.25) is 0 Å². The van der Waals surface area contributed by atoms with Crippen LogP contribution in [0.1, 0.15) is 42.0 Å². The molecule has 1 fully saturated rings. The van der Waals surface area contributed by atoms with E-state index in [9.17, 15) is 9.90 Å². The van der Waals surface area contributed by atoms with Gasteiger partial charge in [-0.1, -0.05) is 85.3 Å². The molecule has 1 aliphatic heterocycles. The number of carboxylic acids is 1. The second kappa shape index (κ2) is 8.62. The molecule has 1 N–H and O–H groups in total. The summed E-state index contributed by atoms with van der Waals surface area (Å²) < 4.78 is 0. The Hall–Kier alpha value is -2.91. The molecule has 3 heteroatoms. The average molecular weight is 386 g/mol. The normalized spacial score (nSPS) is 18.3. The maximum absolute atomic E-state index is 12.0. The highest BCUT2D eigenvalue weighted by atomic mass is 16.4. The second-order valence-corrected chi connectivity index (χ2v) is 7.83. The van der Waals surface area contributed by atoms with Gasteiger partial charge in [-0.05, 0) is 54.1 Å². The number of aryl methyl sites for hydroxylation is 1. The van der Waals surface area contributed by atoms with E-state index >= 15 is 0 Å². The molecule has 1 saturated heterocycles. The van der Waals surface area contributed by atoms with E-state index in [2.05, 4.69) is 60.4 Å². The maximum atomic E-state index is 12.0. The van der Waals surface area contributed by atoms with E-state index < -0.39 is 12.0 Å². The number of hydrogen-bond donors (Lipinski definition) is 1. The number of likely N-dealkylation sites (tertiary alicyclic amines) is 1. The molecule has 3 nitrogen and oxygen atoms in total. The molecule has 1 aliphatic rings. The van der Waals surface area contributed by atoms with Crippen molar-refractivity contribution in [1.82, 2.24) is 4.90 Å². The lowest BCUT2D eigenvalue weighted by Crippen LogP contribution is -2.47. The van der Waals surface area contributed by atoms with Crippen LogP contribution in [0.25, 0.3) is 11.1 Å². The second-order valence-electron chi connectivity index (χ2n) is 7.83. The summed E-state index contributed by atoms with van der Waals surface area (Å²) in [5.41, 5.74) is 5.89. The number of rotatable bonds is 5. The number of carbonyl (C=O) groups is 1. The van der Waals surface area contributed by atoms with Gasteiger partial charge in [0, 0.05) is 0 Å². The summed E-state index contributed by atoms with van der Waals surface area (Å²) in [4.78, 5) is 14.2. The highest BCUT2D eigenvalue weighted by molar-refractivity contribution is 5.74. The Kier molecular flexibility index (Phi) is 5.77. The number of piperidine rings is 1. The van der Waals surface area contributed by atoms with Gasteiger partial charge in [0.1, 0.15) is 6.04 Å². The number of nitrogens with zero attached hydrogens (tertiary/aromatic N) is 1. The Morgan fingerprint density at radius 3 is 2.24 bits per heavy atom. The van der Waals surface area contributed by atoms with E-state index in [4.69, 9.17) is 0 Å². The standard InChI is InChI=1S/C26H27NO2/c1-19-9-5-6-12-23(19)25(27-18-8-7-13-24(27)26(28)29)22-16-14-21(15-17-22)20-10-3-2-4-11-20/h2-6,9-12,14-17,24-25H,7-8,13,18H2,1H3,(H,28,29). The lowest BCUT2D eigenvalue weighted by Gasteiger charge is -2.40. The Morgan fingerprint density at radius 1 is 0.897 bits per heavy atom. The van der Waals surface area contributed by atoms with Gasteiger partial charge < -0.3 is 5.11 Å². The summed E-state index contributed by atoms with van der Waals surface area (Å²) in [6, 6.07) is 26.8. The summed E-state index contributed by atoms with van der Waals surface area (Å²) in [5.74, 6) is -0.718. The van der Waals surface area contributed by atoms with Crippen molar-refractivity contribution in [3.63, 3.8) is 0 Å². The van der Waals surface area contributed by atoms with Gasteiger partial charge in [0.15, 0.2) is 0 Å². The Balaban J connectivity index is 1.76. The Morgan fingerprint density at radius 2 is 1.55 bits per heavy atom. The quantitative estimate of drug-likeness (QED) is 0.613. The first-order valence-corrected chi connectivity index (χ1v) is 10.3. The zero-order valence-corrected chi connectivity index (χ0v) is 16.8. The molecule has 0 radical (unpaired) electrons. The van der Waals surface area contributed by atoms with Crippen LogP contribution in [0.3, 0.4) is 0 Å². The first-order chi connectivity index (χ1) is 14.1. The SMILES string of the molecule is Cc1ccccc1C(c1ccc(-c2ccccc2)cc1)N1CCCCC1C(=O)O. The van der Waals surface area contributed by atoms with Gasteiger partial charge in [-0.3, -0.25) is 9.69 Å². The lowest BCUT2D eigenvalue weighted by atomic mass is 9.89. The summed E-state index contributed by atoms with van der Waals surface area (Å²) in [7, 11) is 0. The van der Waals surface area contributed by atoms with Crippen molar-refractivity contribution in [2.45, 2.75) is 38.3 Å². The van der Waals surface area contributed by atoms with E-state index in [1.807, 2.05) is 30.3 Å². The van der Waals surface area contributed by atoms with Crippen molar-refractivity contribution in [2.24, 2.45) is 0 Å². The summed E-state index contributed by atoms with van der Waals surface area (Å²) in [6.45, 7) is 2.91. The summed E-state index contributed by atoms with van der Waals surface area (Å²) in [5, 5.41) is 9.87. The number of carboxylic acid groups (broad SMARTS) is 1. The van der Waals surface area contributed by atoms with Crippen LogP contribution in [-0.2, 0) is 4.79 Å². The Labute approximate surface area is 172 Å². The van der Waals surface area contributed by atoms with Crippen LogP contribution in [0.15, 0.2) is 78.9 Å². The molecule has 0 bridgehead atoms. The van der Waals surface area contributed by atoms with Gasteiger partial charge in [0.25, 0.3) is 0 Å². The van der Waals surface area contributed by atoms with Gasteiger partial charge >= 0.3 is 5.97 Å². The third-order valence-corrected chi connectivity index (χ3v) is 5.98. The van der Waals surface area contributed by atoms with E-state index in [0.717, 1.165) is 24.9 Å². The third-order valence-electron chi connectivity index (χ3n) is 5.98. The molecule has 0 aliphatic carbocycles. The molecule has 3 aromatic carbocycles. The summed E-state index contributed by atoms with van der Waals surface area (Å²) >= 11 is 0. The van der Waals surface area contributed by atoms with Crippen LogP contribution in [0.5, 0.6) is 0 Å². The van der Waals surface area contributed by atoms with Crippen LogP contribution in [0.4, 0.5) is 0 Å². The summed E-state index contributed by atoms with van der Waals surface area (Å²) in [6.07, 6.45) is 2.72. The molecular formula is C26H27NO2. The highest BCUT2D eigenvalue weighted by Crippen LogP contribution is 2.36. The van der Waals surface area contributed by atoms with E-state index in [0.29, 0.717) is 6.42 Å². The van der Waals surface area contributed by atoms with Gasteiger partial charge in [-0.2, -0.15) is 0 Å². The molecule has 3 aromatic rings. The van der Waals surface area contributed by atoms with Crippen molar-refractivity contribution in [1.29, 1.82) is 0 Å². The zero-order chi connectivity index (χ0) is 20.2. The van der Waals surface area contributed by atoms with Gasteiger partial charge in [-0.15, -0.1) is 0 Å².